The average Bonchev–Trinajstić information content (AvgIpc) is 3.18. The Labute approximate surface area is 589 Å². The molecular weight excluding hydrogens is 1730 g/mol. The van der Waals surface area contributed by atoms with E-state index in [-0.39, 0.29) is 101 Å². The zero-order valence-electron chi connectivity index (χ0n) is 32.1. The second kappa shape index (κ2) is 270. The Morgan fingerprint density at radius 1 is 0.246 bits per heavy atom. The molecule has 0 heterocycles. The zero-order valence-corrected chi connectivity index (χ0v) is 62.3. The van der Waals surface area contributed by atoms with E-state index >= 15 is 0 Å². The third kappa shape index (κ3) is 1100. The summed E-state index contributed by atoms with van der Waals surface area (Å²) < 4.78 is 0. The summed E-state index contributed by atoms with van der Waals surface area (Å²) in [5, 5.41) is 11.9. The van der Waals surface area contributed by atoms with Crippen LogP contribution in [0.25, 0.3) is 0 Å². The highest BCUT2D eigenvalue weighted by Gasteiger charge is 2.17. The Balaban J connectivity index is -0.0000000184. The molecule has 0 aliphatic heterocycles. The number of halogens is 40. The molecule has 0 aromatic carbocycles. The second-order valence-electron chi connectivity index (χ2n) is 3.38. The van der Waals surface area contributed by atoms with Crippen molar-refractivity contribution in [3.8, 4) is 0 Å². The van der Waals surface area contributed by atoms with Crippen LogP contribution in [0.2, 0.25) is 0 Å². The topological polar surface area (TPSA) is 37.3 Å². The normalized spacial score (nSPS) is 6.98. The van der Waals surface area contributed by atoms with Gasteiger partial charge in [-0.3, -0.25) is 4.79 Å². The van der Waals surface area contributed by atoms with Crippen molar-refractivity contribution in [1.82, 2.24) is 0 Å². The minimum Gasteiger partial charge on any atom is -0.481 e. The molecule has 1 N–H and O–H groups in total. The molecule has 1 unspecified atom stereocenters. The molecule has 0 bridgehead atoms. The van der Waals surface area contributed by atoms with E-state index in [9.17, 15) is 4.79 Å². The lowest BCUT2D eigenvalue weighted by atomic mass is 10.2. The Hall–Kier alpha value is 11.1. The van der Waals surface area contributed by atoms with Gasteiger partial charge in [0.25, 0.3) is 0 Å². The summed E-state index contributed by atoms with van der Waals surface area (Å²) in [4.78, 5) is 9.16. The van der Waals surface area contributed by atoms with Crippen molar-refractivity contribution >= 4 is 470 Å². The number of hydrogen-bond donors (Lipinski definition) is 1. The van der Waals surface area contributed by atoms with Crippen LogP contribution in [0, 0.1) is 5.92 Å². The van der Waals surface area contributed by atoms with Gasteiger partial charge in [-0.1, -0.05) is 0 Å². The van der Waals surface area contributed by atoms with Crippen molar-refractivity contribution in [1.29, 1.82) is 0 Å². The van der Waals surface area contributed by atoms with Crippen molar-refractivity contribution in [3.63, 3.8) is 0 Å². The largest absolute Gasteiger partial charge is 0.481 e. The Morgan fingerprint density at radius 2 is 0.292 bits per heavy atom. The molecule has 0 aromatic heterocycles. The number of aliphatic carboxylic acids is 1. The summed E-state index contributed by atoms with van der Waals surface area (Å²) in [6, 6.07) is 0. The van der Waals surface area contributed by atoms with Gasteiger partial charge < -0.3 is 5.11 Å². The second-order valence-corrected chi connectivity index (χ2v) is 19.9. The van der Waals surface area contributed by atoms with Crippen LogP contribution in [0.1, 0.15) is 6.92 Å². The molecule has 0 fully saturated rings. The van der Waals surface area contributed by atoms with E-state index in [0.29, 0.717) is 0 Å². The average molecular weight is 1770 g/mol. The maximum absolute atomic E-state index is 9.97. The fourth-order valence-corrected chi connectivity index (χ4v) is 0.323. The van der Waals surface area contributed by atoms with E-state index in [2.05, 4.69) is 0 Å². The number of rotatable bonds is 2. The van der Waals surface area contributed by atoms with E-state index in [1.54, 1.807) is 0 Å². The van der Waals surface area contributed by atoms with Crippen LogP contribution in [-0.4, -0.2) is 117 Å². The van der Waals surface area contributed by atoms with Gasteiger partial charge in [-0.05, 0) is 6.92 Å². The van der Waals surface area contributed by atoms with Gasteiger partial charge in [0.1, 0.15) is 4.84 Å². The lowest BCUT2D eigenvalue weighted by molar-refractivity contribution is -0.140. The van der Waals surface area contributed by atoms with Crippen molar-refractivity contribution < 1.29 is 9.90 Å². The first-order chi connectivity index (χ1) is 30.4. The Bertz CT molecular complexity index is 293. The fourth-order valence-electron chi connectivity index (χ4n) is 0.108. The first-order valence-electron chi connectivity index (χ1n) is 12.2. The molecule has 0 saturated carbocycles. The smallest absolute Gasteiger partial charge is 0.308 e. The predicted molar refractivity (Wildman–Crippen MR) is 347 cm³/mol. The number of carbonyl (C=O) groups is 1. The molecule has 0 aliphatic carbocycles. The molecule has 0 radical (unpaired) electrons. The standard InChI is InChI=1S/C4H6Cl2O2.19CH2Cl2/c1-2(3(5)6)4(7)8;19*2-1-3/h2-3H,1H3,(H,7,8);19*1H2. The minimum atomic E-state index is -0.972. The SMILES string of the molecule is CC(C(=O)O)C(Cl)Cl.ClCCl.ClCCl.ClCCl.ClCCl.ClCCl.ClCCl.ClCCl.ClCCl.ClCCl.ClCCl.ClCCl.ClCCl.ClCCl.ClCCl.ClCCl.ClCCl.ClCCl.ClCCl.ClCCl. The van der Waals surface area contributed by atoms with Gasteiger partial charge in [0.15, 0.2) is 0 Å². The van der Waals surface area contributed by atoms with Gasteiger partial charge in [-0.25, -0.2) is 0 Å². The number of carboxylic acids is 1. The van der Waals surface area contributed by atoms with Crippen LogP contribution in [-0.2, 0) is 4.79 Å². The first-order valence-corrected chi connectivity index (χ1v) is 33.4. The Kier molecular flexibility index (Phi) is 566. The maximum atomic E-state index is 9.97. The molecule has 65 heavy (non-hydrogen) atoms. The molecule has 0 saturated heterocycles. The molecule has 0 amide bonds. The number of carboxylic acid groups (broad SMARTS) is 1. The quantitative estimate of drug-likeness (QED) is 0.280. The summed E-state index contributed by atoms with van der Waals surface area (Å²) in [5.74, 6) is -1.65. The van der Waals surface area contributed by atoms with Gasteiger partial charge in [0.05, 0.1) is 107 Å². The summed E-state index contributed by atoms with van der Waals surface area (Å²) >= 11 is 191. The highest BCUT2D eigenvalue weighted by atomic mass is 35.6. The van der Waals surface area contributed by atoms with Crippen LogP contribution in [0.5, 0.6) is 0 Å². The monoisotopic (exact) mass is 1750 g/mol. The fraction of sp³-hybridized carbons (Fsp3) is 0.957. The van der Waals surface area contributed by atoms with Crippen LogP contribution >= 0.6 is 464 Å². The zero-order chi connectivity index (χ0) is 58.2. The van der Waals surface area contributed by atoms with Crippen LogP contribution in [0.4, 0.5) is 0 Å². The summed E-state index contributed by atoms with van der Waals surface area (Å²) in [6.07, 6.45) is 0. The van der Waals surface area contributed by atoms with E-state index in [1.807, 2.05) is 0 Å². The molecule has 2 nitrogen and oxygen atoms in total. The van der Waals surface area contributed by atoms with E-state index in [4.69, 9.17) is 469 Å². The van der Waals surface area contributed by atoms with Gasteiger partial charge in [0, 0.05) is 0 Å². The first kappa shape index (κ1) is 136. The lowest BCUT2D eigenvalue weighted by Crippen LogP contribution is -2.15. The lowest BCUT2D eigenvalue weighted by Gasteiger charge is -2.03. The van der Waals surface area contributed by atoms with Gasteiger partial charge in [-0.2, -0.15) is 0 Å². The molecule has 428 valence electrons. The third-order valence-corrected chi connectivity index (χ3v) is 1.52. The molecule has 0 rings (SSSR count). The van der Waals surface area contributed by atoms with Gasteiger partial charge in [-0.15, -0.1) is 464 Å². The maximum Gasteiger partial charge on any atom is 0.308 e. The molecule has 1 atom stereocenters. The molecule has 0 aromatic rings. The molecular formula is C23H44Cl40O2. The molecule has 42 heteroatoms. The highest BCUT2D eigenvalue weighted by Crippen LogP contribution is 2.13. The van der Waals surface area contributed by atoms with Crippen molar-refractivity contribution in [2.75, 3.05) is 101 Å². The van der Waals surface area contributed by atoms with Crippen molar-refractivity contribution in [3.05, 3.63) is 0 Å². The predicted octanol–water partition coefficient (Wildman–Crippen LogP) is 28.5. The van der Waals surface area contributed by atoms with Gasteiger partial charge >= 0.3 is 5.97 Å². The highest BCUT2D eigenvalue weighted by molar-refractivity contribution is 6.47. The molecule has 0 aliphatic rings. The van der Waals surface area contributed by atoms with Gasteiger partial charge in [0.2, 0.25) is 0 Å². The van der Waals surface area contributed by atoms with E-state index in [1.165, 1.54) is 6.92 Å². The van der Waals surface area contributed by atoms with E-state index < -0.39 is 16.7 Å². The van der Waals surface area contributed by atoms with Crippen molar-refractivity contribution in [2.45, 2.75) is 11.8 Å². The minimum absolute atomic E-state index is 0.194. The molecule has 0 spiro atoms. The third-order valence-electron chi connectivity index (χ3n) is 0.767. The number of hydrogen-bond acceptors (Lipinski definition) is 1. The van der Waals surface area contributed by atoms with Crippen LogP contribution < -0.4 is 0 Å². The van der Waals surface area contributed by atoms with Crippen LogP contribution in [0.15, 0.2) is 0 Å². The van der Waals surface area contributed by atoms with Crippen molar-refractivity contribution in [2.24, 2.45) is 5.92 Å². The number of alkyl halides is 40. The summed E-state index contributed by atoms with van der Waals surface area (Å²) in [7, 11) is 0. The Morgan fingerprint density at radius 3 is 0.292 bits per heavy atom. The van der Waals surface area contributed by atoms with E-state index in [0.717, 1.165) is 0 Å². The summed E-state index contributed by atoms with van der Waals surface area (Å²) in [6.45, 7) is 1.45. The summed E-state index contributed by atoms with van der Waals surface area (Å²) in [5.41, 5.74) is 0. The van der Waals surface area contributed by atoms with Crippen LogP contribution in [0.3, 0.4) is 0 Å².